The second kappa shape index (κ2) is 8.85. The molecule has 1 unspecified atom stereocenters. The lowest BCUT2D eigenvalue weighted by atomic mass is 10.2. The molecule has 3 rings (SSSR count). The molecule has 1 aliphatic heterocycles. The number of methoxy groups -OCH3 is 1. The van der Waals surface area contributed by atoms with Gasteiger partial charge in [-0.1, -0.05) is 11.8 Å². The molecule has 0 radical (unpaired) electrons. The molecular weight excluding hydrogens is 404 g/mol. The molecular formula is C17H16N4O5S2. The highest BCUT2D eigenvalue weighted by Gasteiger charge is 2.41. The SMILES string of the molecule is COc1ccc(NC(=O)CN2C(=O)SC(CC(=O)Nc3nccs3)C2=O)cc1. The number of amides is 4. The summed E-state index contributed by atoms with van der Waals surface area (Å²) in [5.41, 5.74) is 0.511. The standard InChI is InChI=1S/C17H16N4O5S2/c1-26-11-4-2-10(3-5-11)19-14(23)9-21-15(24)12(28-17(21)25)8-13(22)20-16-18-6-7-27-16/h2-7,12H,8-9H2,1H3,(H,19,23)(H,18,20,22). The van der Waals surface area contributed by atoms with Crippen molar-refractivity contribution in [2.24, 2.45) is 0 Å². The number of thioether (sulfide) groups is 1. The average Bonchev–Trinajstić information content (AvgIpc) is 3.26. The van der Waals surface area contributed by atoms with E-state index in [9.17, 15) is 19.2 Å². The van der Waals surface area contributed by atoms with Crippen molar-refractivity contribution in [3.63, 3.8) is 0 Å². The quantitative estimate of drug-likeness (QED) is 0.705. The summed E-state index contributed by atoms with van der Waals surface area (Å²) in [4.78, 5) is 53.5. The first kappa shape index (κ1) is 19.8. The Hall–Kier alpha value is -2.92. The molecule has 1 aromatic carbocycles. The lowest BCUT2D eigenvalue weighted by Crippen LogP contribution is -2.38. The predicted octanol–water partition coefficient (Wildman–Crippen LogP) is 2.18. The third-order valence-corrected chi connectivity index (χ3v) is 5.49. The van der Waals surface area contributed by atoms with Gasteiger partial charge >= 0.3 is 0 Å². The number of anilines is 2. The van der Waals surface area contributed by atoms with Gasteiger partial charge in [0.2, 0.25) is 17.7 Å². The number of carbonyl (C=O) groups excluding carboxylic acids is 4. The molecule has 1 saturated heterocycles. The van der Waals surface area contributed by atoms with Crippen LogP contribution in [0.4, 0.5) is 15.6 Å². The zero-order valence-corrected chi connectivity index (χ0v) is 16.3. The van der Waals surface area contributed by atoms with Gasteiger partial charge in [-0.15, -0.1) is 11.3 Å². The van der Waals surface area contributed by atoms with Crippen LogP contribution in [0.3, 0.4) is 0 Å². The number of nitrogens with zero attached hydrogens (tertiary/aromatic N) is 2. The summed E-state index contributed by atoms with van der Waals surface area (Å²) in [5.74, 6) is -0.856. The summed E-state index contributed by atoms with van der Waals surface area (Å²) in [6, 6.07) is 6.64. The van der Waals surface area contributed by atoms with Gasteiger partial charge in [-0.2, -0.15) is 0 Å². The third-order valence-electron chi connectivity index (χ3n) is 3.73. The number of ether oxygens (including phenoxy) is 1. The van der Waals surface area contributed by atoms with E-state index in [0.717, 1.165) is 16.7 Å². The highest BCUT2D eigenvalue weighted by molar-refractivity contribution is 8.15. The van der Waals surface area contributed by atoms with Crippen LogP contribution in [0.2, 0.25) is 0 Å². The molecule has 2 heterocycles. The zero-order valence-electron chi connectivity index (χ0n) is 14.7. The van der Waals surface area contributed by atoms with Crippen LogP contribution in [0.1, 0.15) is 6.42 Å². The molecule has 2 aromatic rings. The van der Waals surface area contributed by atoms with E-state index in [1.807, 2.05) is 0 Å². The normalized spacial score (nSPS) is 16.2. The number of nitrogens with one attached hydrogen (secondary N) is 2. The monoisotopic (exact) mass is 420 g/mol. The Balaban J connectivity index is 1.53. The van der Waals surface area contributed by atoms with Crippen molar-refractivity contribution in [1.29, 1.82) is 0 Å². The lowest BCUT2D eigenvalue weighted by molar-refractivity contribution is -0.131. The Morgan fingerprint density at radius 3 is 2.57 bits per heavy atom. The summed E-state index contributed by atoms with van der Waals surface area (Å²) in [5, 5.41) is 5.89. The smallest absolute Gasteiger partial charge is 0.289 e. The summed E-state index contributed by atoms with van der Waals surface area (Å²) >= 11 is 1.99. The summed E-state index contributed by atoms with van der Waals surface area (Å²) in [7, 11) is 1.53. The van der Waals surface area contributed by atoms with Crippen LogP contribution >= 0.6 is 23.1 Å². The first-order valence-corrected chi connectivity index (χ1v) is 9.87. The summed E-state index contributed by atoms with van der Waals surface area (Å²) < 4.78 is 5.04. The topological polar surface area (TPSA) is 118 Å². The lowest BCUT2D eigenvalue weighted by Gasteiger charge is -2.14. The fourth-order valence-electron chi connectivity index (χ4n) is 2.41. The van der Waals surface area contributed by atoms with Crippen molar-refractivity contribution in [2.75, 3.05) is 24.3 Å². The van der Waals surface area contributed by atoms with E-state index >= 15 is 0 Å². The largest absolute Gasteiger partial charge is 0.497 e. The Morgan fingerprint density at radius 2 is 1.93 bits per heavy atom. The fourth-order valence-corrected chi connectivity index (χ4v) is 3.95. The molecule has 1 fully saturated rings. The Labute approximate surface area is 168 Å². The molecule has 1 atom stereocenters. The molecule has 0 saturated carbocycles. The predicted molar refractivity (Wildman–Crippen MR) is 105 cm³/mol. The van der Waals surface area contributed by atoms with E-state index in [-0.39, 0.29) is 6.42 Å². The molecule has 0 bridgehead atoms. The number of hydrogen-bond donors (Lipinski definition) is 2. The van der Waals surface area contributed by atoms with Crippen molar-refractivity contribution in [3.05, 3.63) is 35.8 Å². The minimum Gasteiger partial charge on any atom is -0.497 e. The number of hydrogen-bond acceptors (Lipinski definition) is 8. The van der Waals surface area contributed by atoms with Crippen LogP contribution in [0.25, 0.3) is 0 Å². The molecule has 4 amide bonds. The Bertz CT molecular complexity index is 885. The number of thiazole rings is 1. The third kappa shape index (κ3) is 4.87. The van der Waals surface area contributed by atoms with Gasteiger partial charge in [-0.25, -0.2) is 4.98 Å². The maximum absolute atomic E-state index is 12.4. The van der Waals surface area contributed by atoms with Gasteiger partial charge < -0.3 is 15.4 Å². The molecule has 9 nitrogen and oxygen atoms in total. The van der Waals surface area contributed by atoms with Crippen LogP contribution in [0, 0.1) is 0 Å². The van der Waals surface area contributed by atoms with E-state index in [4.69, 9.17) is 4.74 Å². The van der Waals surface area contributed by atoms with Crippen LogP contribution in [0.5, 0.6) is 5.75 Å². The van der Waals surface area contributed by atoms with E-state index in [1.54, 1.807) is 35.8 Å². The summed E-state index contributed by atoms with van der Waals surface area (Å²) in [6.07, 6.45) is 1.37. The highest BCUT2D eigenvalue weighted by atomic mass is 32.2. The molecule has 2 N–H and O–H groups in total. The van der Waals surface area contributed by atoms with Crippen LogP contribution < -0.4 is 15.4 Å². The Kier molecular flexibility index (Phi) is 6.26. The van der Waals surface area contributed by atoms with Gasteiger partial charge in [0.1, 0.15) is 17.5 Å². The molecule has 0 spiro atoms. The van der Waals surface area contributed by atoms with Crippen molar-refractivity contribution < 1.29 is 23.9 Å². The highest BCUT2D eigenvalue weighted by Crippen LogP contribution is 2.29. The van der Waals surface area contributed by atoms with Crippen LogP contribution in [-0.2, 0) is 14.4 Å². The molecule has 1 aromatic heterocycles. The zero-order chi connectivity index (χ0) is 20.1. The van der Waals surface area contributed by atoms with Crippen molar-refractivity contribution in [1.82, 2.24) is 9.88 Å². The molecule has 11 heteroatoms. The summed E-state index contributed by atoms with van der Waals surface area (Å²) in [6.45, 7) is -0.415. The van der Waals surface area contributed by atoms with E-state index in [0.29, 0.717) is 16.6 Å². The molecule has 1 aliphatic rings. The van der Waals surface area contributed by atoms with Crippen molar-refractivity contribution in [3.8, 4) is 5.75 Å². The number of benzene rings is 1. The van der Waals surface area contributed by atoms with Crippen LogP contribution in [-0.4, -0.2) is 51.7 Å². The van der Waals surface area contributed by atoms with Gasteiger partial charge in [-0.05, 0) is 24.3 Å². The van der Waals surface area contributed by atoms with E-state index < -0.39 is 34.8 Å². The van der Waals surface area contributed by atoms with Gasteiger partial charge in [0, 0.05) is 23.7 Å². The molecule has 28 heavy (non-hydrogen) atoms. The van der Waals surface area contributed by atoms with E-state index in [1.165, 1.54) is 18.4 Å². The second-order valence-corrected chi connectivity index (χ2v) is 7.71. The van der Waals surface area contributed by atoms with Gasteiger partial charge in [0.15, 0.2) is 5.13 Å². The maximum atomic E-state index is 12.4. The van der Waals surface area contributed by atoms with Gasteiger partial charge in [0.05, 0.1) is 7.11 Å². The fraction of sp³-hybridized carbons (Fsp3) is 0.235. The van der Waals surface area contributed by atoms with Crippen molar-refractivity contribution in [2.45, 2.75) is 11.7 Å². The number of rotatable bonds is 7. The Morgan fingerprint density at radius 1 is 1.18 bits per heavy atom. The van der Waals surface area contributed by atoms with Crippen molar-refractivity contribution >= 4 is 56.9 Å². The first-order chi connectivity index (χ1) is 13.5. The van der Waals surface area contributed by atoms with Gasteiger partial charge in [-0.3, -0.25) is 24.1 Å². The number of carbonyl (C=O) groups is 4. The minimum atomic E-state index is -0.860. The van der Waals surface area contributed by atoms with Gasteiger partial charge in [0.25, 0.3) is 5.24 Å². The number of aromatic nitrogens is 1. The van der Waals surface area contributed by atoms with E-state index in [2.05, 4.69) is 15.6 Å². The maximum Gasteiger partial charge on any atom is 0.289 e. The molecule has 146 valence electrons. The minimum absolute atomic E-state index is 0.175. The average molecular weight is 420 g/mol. The molecule has 0 aliphatic carbocycles. The second-order valence-electron chi connectivity index (χ2n) is 5.66. The first-order valence-electron chi connectivity index (χ1n) is 8.11. The number of imide groups is 1. The van der Waals surface area contributed by atoms with Crippen LogP contribution in [0.15, 0.2) is 35.8 Å².